The van der Waals surface area contributed by atoms with E-state index in [4.69, 9.17) is 10.5 Å². The van der Waals surface area contributed by atoms with E-state index in [0.29, 0.717) is 18.5 Å². The second-order valence-electron chi connectivity index (χ2n) is 6.64. The maximum atomic E-state index is 11.7. The van der Waals surface area contributed by atoms with Crippen molar-refractivity contribution in [1.29, 1.82) is 0 Å². The van der Waals surface area contributed by atoms with Crippen LogP contribution in [0, 0.1) is 0 Å². The SMILES string of the molecule is COC(=O)C(C)(N)CC(C)N1CCCN2CCCC2C1. The lowest BCUT2D eigenvalue weighted by atomic mass is 9.94. The van der Waals surface area contributed by atoms with Gasteiger partial charge in [-0.25, -0.2) is 0 Å². The van der Waals surface area contributed by atoms with Gasteiger partial charge in [-0.05, 0) is 59.2 Å². The number of hydrogen-bond acceptors (Lipinski definition) is 5. The zero-order chi connectivity index (χ0) is 14.8. The summed E-state index contributed by atoms with van der Waals surface area (Å²) in [5, 5.41) is 0. The molecule has 116 valence electrons. The third-order valence-electron chi connectivity index (χ3n) is 4.83. The summed E-state index contributed by atoms with van der Waals surface area (Å²) >= 11 is 0. The Kier molecular flexibility index (Phi) is 5.04. The topological polar surface area (TPSA) is 58.8 Å². The molecule has 0 spiro atoms. The normalized spacial score (nSPS) is 29.3. The molecular weight excluding hydrogens is 254 g/mol. The molecule has 2 aliphatic heterocycles. The van der Waals surface area contributed by atoms with Crippen LogP contribution < -0.4 is 5.73 Å². The van der Waals surface area contributed by atoms with Crippen molar-refractivity contribution >= 4 is 5.97 Å². The summed E-state index contributed by atoms with van der Waals surface area (Å²) in [4.78, 5) is 16.9. The Morgan fingerprint density at radius 1 is 1.40 bits per heavy atom. The Morgan fingerprint density at radius 3 is 2.80 bits per heavy atom. The van der Waals surface area contributed by atoms with Crippen molar-refractivity contribution in [1.82, 2.24) is 9.80 Å². The monoisotopic (exact) mass is 283 g/mol. The number of nitrogens with zero attached hydrogens (tertiary/aromatic N) is 2. The van der Waals surface area contributed by atoms with E-state index in [2.05, 4.69) is 16.7 Å². The summed E-state index contributed by atoms with van der Waals surface area (Å²) in [6.07, 6.45) is 4.48. The van der Waals surface area contributed by atoms with Gasteiger partial charge in [0.25, 0.3) is 0 Å². The second kappa shape index (κ2) is 6.41. The van der Waals surface area contributed by atoms with Gasteiger partial charge in [0.2, 0.25) is 0 Å². The average molecular weight is 283 g/mol. The lowest BCUT2D eigenvalue weighted by Crippen LogP contribution is -2.51. The molecule has 2 saturated heterocycles. The molecule has 0 aromatic carbocycles. The minimum absolute atomic E-state index is 0.310. The molecule has 2 aliphatic rings. The first-order valence-corrected chi connectivity index (χ1v) is 7.79. The number of ether oxygens (including phenoxy) is 1. The van der Waals surface area contributed by atoms with Gasteiger partial charge in [-0.15, -0.1) is 0 Å². The predicted molar refractivity (Wildman–Crippen MR) is 79.5 cm³/mol. The summed E-state index contributed by atoms with van der Waals surface area (Å²) in [6.45, 7) is 8.63. The van der Waals surface area contributed by atoms with E-state index in [9.17, 15) is 4.79 Å². The van der Waals surface area contributed by atoms with Gasteiger partial charge in [0.05, 0.1) is 7.11 Å². The summed E-state index contributed by atoms with van der Waals surface area (Å²) < 4.78 is 4.81. The quantitative estimate of drug-likeness (QED) is 0.774. The van der Waals surface area contributed by atoms with Gasteiger partial charge in [-0.3, -0.25) is 14.6 Å². The van der Waals surface area contributed by atoms with Crippen molar-refractivity contribution < 1.29 is 9.53 Å². The van der Waals surface area contributed by atoms with Gasteiger partial charge < -0.3 is 10.5 Å². The number of fused-ring (bicyclic) bond motifs is 1. The van der Waals surface area contributed by atoms with E-state index in [-0.39, 0.29) is 5.97 Å². The Bertz CT molecular complexity index is 346. The molecule has 0 aliphatic carbocycles. The standard InChI is InChI=1S/C15H29N3O2/c1-12(10-15(2,16)14(19)20-3)18-9-5-8-17-7-4-6-13(17)11-18/h12-13H,4-11,16H2,1-3H3. The highest BCUT2D eigenvalue weighted by Crippen LogP contribution is 2.24. The number of hydrogen-bond donors (Lipinski definition) is 1. The Morgan fingerprint density at radius 2 is 2.10 bits per heavy atom. The van der Waals surface area contributed by atoms with Crippen LogP contribution in [-0.4, -0.2) is 66.7 Å². The highest BCUT2D eigenvalue weighted by Gasteiger charge is 2.35. The third-order valence-corrected chi connectivity index (χ3v) is 4.83. The fourth-order valence-corrected chi connectivity index (χ4v) is 3.69. The zero-order valence-electron chi connectivity index (χ0n) is 13.1. The molecule has 2 fully saturated rings. The molecule has 0 aromatic heterocycles. The van der Waals surface area contributed by atoms with Crippen LogP contribution in [0.1, 0.15) is 39.5 Å². The lowest BCUT2D eigenvalue weighted by molar-refractivity contribution is -0.147. The van der Waals surface area contributed by atoms with Crippen LogP contribution in [0.25, 0.3) is 0 Å². The van der Waals surface area contributed by atoms with Gasteiger partial charge in [-0.2, -0.15) is 0 Å². The third kappa shape index (κ3) is 3.51. The molecule has 3 atom stereocenters. The van der Waals surface area contributed by atoms with Crippen molar-refractivity contribution in [2.24, 2.45) is 5.73 Å². The molecule has 0 bridgehead atoms. The molecule has 3 unspecified atom stereocenters. The Balaban J connectivity index is 1.94. The van der Waals surface area contributed by atoms with Gasteiger partial charge >= 0.3 is 5.97 Å². The predicted octanol–water partition coefficient (Wildman–Crippen LogP) is 0.826. The molecule has 5 nitrogen and oxygen atoms in total. The molecule has 0 amide bonds. The molecule has 5 heteroatoms. The zero-order valence-corrected chi connectivity index (χ0v) is 13.1. The van der Waals surface area contributed by atoms with Gasteiger partial charge in [0.15, 0.2) is 0 Å². The highest BCUT2D eigenvalue weighted by molar-refractivity contribution is 5.79. The molecule has 2 rings (SSSR count). The van der Waals surface area contributed by atoms with E-state index in [1.165, 1.54) is 39.5 Å². The van der Waals surface area contributed by atoms with Gasteiger partial charge in [0, 0.05) is 18.6 Å². The van der Waals surface area contributed by atoms with E-state index < -0.39 is 5.54 Å². The first-order valence-electron chi connectivity index (χ1n) is 7.79. The van der Waals surface area contributed by atoms with Crippen molar-refractivity contribution in [2.45, 2.75) is 57.2 Å². The molecular formula is C15H29N3O2. The Hall–Kier alpha value is -0.650. The largest absolute Gasteiger partial charge is 0.468 e. The van der Waals surface area contributed by atoms with Gasteiger partial charge in [-0.1, -0.05) is 0 Å². The van der Waals surface area contributed by atoms with Crippen LogP contribution in [-0.2, 0) is 9.53 Å². The minimum Gasteiger partial charge on any atom is -0.468 e. The summed E-state index contributed by atoms with van der Waals surface area (Å²) in [5.74, 6) is -0.318. The second-order valence-corrected chi connectivity index (χ2v) is 6.64. The van der Waals surface area contributed by atoms with Crippen LogP contribution in [0.5, 0.6) is 0 Å². The number of carbonyl (C=O) groups is 1. The van der Waals surface area contributed by atoms with Crippen LogP contribution in [0.15, 0.2) is 0 Å². The Labute approximate surface area is 122 Å². The summed E-state index contributed by atoms with van der Waals surface area (Å²) in [7, 11) is 1.40. The summed E-state index contributed by atoms with van der Waals surface area (Å²) in [6, 6.07) is 1.01. The number of methoxy groups -OCH3 is 1. The number of rotatable bonds is 4. The molecule has 20 heavy (non-hydrogen) atoms. The molecule has 0 radical (unpaired) electrons. The summed E-state index contributed by atoms with van der Waals surface area (Å²) in [5.41, 5.74) is 5.22. The van der Waals surface area contributed by atoms with Crippen LogP contribution >= 0.6 is 0 Å². The number of nitrogens with two attached hydrogens (primary N) is 1. The van der Waals surface area contributed by atoms with E-state index >= 15 is 0 Å². The van der Waals surface area contributed by atoms with E-state index in [0.717, 1.165) is 13.1 Å². The lowest BCUT2D eigenvalue weighted by Gasteiger charge is -2.34. The first kappa shape index (κ1) is 15.7. The van der Waals surface area contributed by atoms with E-state index in [1.54, 1.807) is 6.92 Å². The van der Waals surface area contributed by atoms with Crippen LogP contribution in [0.3, 0.4) is 0 Å². The van der Waals surface area contributed by atoms with Gasteiger partial charge in [0.1, 0.15) is 5.54 Å². The fourth-order valence-electron chi connectivity index (χ4n) is 3.69. The van der Waals surface area contributed by atoms with Crippen molar-refractivity contribution in [3.05, 3.63) is 0 Å². The van der Waals surface area contributed by atoms with Crippen molar-refractivity contribution in [3.63, 3.8) is 0 Å². The first-order chi connectivity index (χ1) is 9.44. The molecule has 0 aromatic rings. The highest BCUT2D eigenvalue weighted by atomic mass is 16.5. The molecule has 0 saturated carbocycles. The smallest absolute Gasteiger partial charge is 0.325 e. The fraction of sp³-hybridized carbons (Fsp3) is 0.933. The van der Waals surface area contributed by atoms with Crippen LogP contribution in [0.2, 0.25) is 0 Å². The van der Waals surface area contributed by atoms with Crippen molar-refractivity contribution in [2.75, 3.05) is 33.3 Å². The van der Waals surface area contributed by atoms with Crippen molar-refractivity contribution in [3.8, 4) is 0 Å². The maximum Gasteiger partial charge on any atom is 0.325 e. The number of carbonyl (C=O) groups excluding carboxylic acids is 1. The average Bonchev–Trinajstić information content (AvgIpc) is 2.74. The van der Waals surface area contributed by atoms with E-state index in [1.807, 2.05) is 0 Å². The minimum atomic E-state index is -0.893. The number of esters is 1. The van der Waals surface area contributed by atoms with Crippen LogP contribution in [0.4, 0.5) is 0 Å². The molecule has 2 heterocycles. The molecule has 2 N–H and O–H groups in total. The maximum absolute atomic E-state index is 11.7.